The normalized spacial score (nSPS) is 32.1. The minimum Gasteiger partial charge on any atom is -0.376 e. The number of benzene rings is 2. The lowest BCUT2D eigenvalue weighted by atomic mass is 9.89. The molecule has 2 fully saturated rings. The molecule has 4 aliphatic carbocycles. The summed E-state index contributed by atoms with van der Waals surface area (Å²) in [5.41, 5.74) is 10.8. The van der Waals surface area contributed by atoms with E-state index in [-0.39, 0.29) is 5.60 Å². The fourth-order valence-corrected chi connectivity index (χ4v) is 22.6. The molecule has 0 bridgehead atoms. The largest absolute Gasteiger partial charge is 0.376 e. The van der Waals surface area contributed by atoms with E-state index in [9.17, 15) is 0 Å². The predicted molar refractivity (Wildman–Crippen MR) is 250 cm³/mol. The number of hydrogen-bond acceptors (Lipinski definition) is 3. The molecule has 8 rings (SSSR count). The number of aryl methyl sites for hydroxylation is 2. The molecule has 0 N–H and O–H groups in total. The lowest BCUT2D eigenvalue weighted by Crippen LogP contribution is -2.49. The Labute approximate surface area is 345 Å². The summed E-state index contributed by atoms with van der Waals surface area (Å²) in [5.74, 6) is 3.58. The standard InChI is InChI=1S/C50H73N2OSi3/c1-34-24-26-42-40(30-34)44-46(51(42)32-54(6)7)36-20-14-16-22-38(36)48(44)56(11,29-19-13-12-18-28-53-50(3,4)5)49-39-23-17-15-21-37(39)47-45(49)41-31-35(2)25-27-43(41)52(47)33-55(8,9)10/h14-17,20-27,30-31,36-39,44-49H,12-13,18-19,28-29,32-33H2,1-11H3. The maximum absolute atomic E-state index is 6.20. The first-order valence-corrected chi connectivity index (χ1v) is 31.7. The van der Waals surface area contributed by atoms with Gasteiger partial charge in [-0.1, -0.05) is 149 Å². The van der Waals surface area contributed by atoms with Gasteiger partial charge in [-0.2, -0.15) is 0 Å². The lowest BCUT2D eigenvalue weighted by molar-refractivity contribution is -0.00471. The van der Waals surface area contributed by atoms with E-state index in [0.717, 1.165) is 6.61 Å². The molecule has 2 saturated carbocycles. The predicted octanol–water partition coefficient (Wildman–Crippen LogP) is 12.7. The molecule has 2 aromatic carbocycles. The number of hydrogen-bond donors (Lipinski definition) is 0. The molecule has 3 nitrogen and oxygen atoms in total. The van der Waals surface area contributed by atoms with Gasteiger partial charge in [-0.05, 0) is 87.2 Å². The van der Waals surface area contributed by atoms with Crippen molar-refractivity contribution in [3.05, 3.63) is 107 Å². The topological polar surface area (TPSA) is 15.7 Å². The van der Waals surface area contributed by atoms with Crippen LogP contribution in [0, 0.1) is 37.5 Å². The molecule has 2 aliphatic heterocycles. The first-order chi connectivity index (χ1) is 26.6. The Bertz CT molecular complexity index is 1880. The molecule has 2 aromatic rings. The first-order valence-electron chi connectivity index (χ1n) is 22.4. The molecule has 2 heterocycles. The van der Waals surface area contributed by atoms with Gasteiger partial charge in [-0.25, -0.2) is 0 Å². The van der Waals surface area contributed by atoms with Crippen LogP contribution in [0.15, 0.2) is 85.0 Å². The third kappa shape index (κ3) is 7.30. The first kappa shape index (κ1) is 40.4. The molecule has 301 valence electrons. The summed E-state index contributed by atoms with van der Waals surface area (Å²) < 4.78 is 6.20. The highest BCUT2D eigenvalue weighted by atomic mass is 28.3. The van der Waals surface area contributed by atoms with Crippen molar-refractivity contribution in [3.8, 4) is 0 Å². The van der Waals surface area contributed by atoms with Crippen LogP contribution < -0.4 is 9.80 Å². The zero-order chi connectivity index (χ0) is 39.7. The zero-order valence-corrected chi connectivity index (χ0v) is 39.8. The molecular weight excluding hydrogens is 729 g/mol. The number of fused-ring (bicyclic) bond motifs is 10. The van der Waals surface area contributed by atoms with Gasteiger partial charge in [0.2, 0.25) is 0 Å². The third-order valence-corrected chi connectivity index (χ3v) is 23.0. The van der Waals surface area contributed by atoms with Crippen molar-refractivity contribution in [1.82, 2.24) is 0 Å². The molecule has 0 amide bonds. The quantitative estimate of drug-likeness (QED) is 0.148. The number of allylic oxidation sites excluding steroid dienone is 6. The summed E-state index contributed by atoms with van der Waals surface area (Å²) in [5, 5.41) is 0. The van der Waals surface area contributed by atoms with Crippen LogP contribution >= 0.6 is 0 Å². The SMILES string of the molecule is Cc1ccc2c(c1)C1C(C3C=CC=CC3C1[Si](C)(CCCCCCOC(C)(C)C)C1C3C=CC=CC3C3C1c1cc(C)ccc1N3C[Si](C)(C)C)N2C[Si](C)C. The molecule has 11 atom stereocenters. The van der Waals surface area contributed by atoms with E-state index >= 15 is 0 Å². The second-order valence-corrected chi connectivity index (χ2v) is 34.7. The molecule has 6 heteroatoms. The summed E-state index contributed by atoms with van der Waals surface area (Å²) >= 11 is 0. The molecule has 11 unspecified atom stereocenters. The van der Waals surface area contributed by atoms with Gasteiger partial charge in [-0.15, -0.1) is 0 Å². The molecule has 6 aliphatic rings. The number of anilines is 2. The minimum atomic E-state index is -2.13. The second kappa shape index (κ2) is 15.3. The van der Waals surface area contributed by atoms with Gasteiger partial charge in [0.15, 0.2) is 0 Å². The highest BCUT2D eigenvalue weighted by molar-refractivity contribution is 6.82. The Morgan fingerprint density at radius 2 is 1.12 bits per heavy atom. The molecule has 56 heavy (non-hydrogen) atoms. The molecule has 0 aromatic heterocycles. The van der Waals surface area contributed by atoms with Crippen molar-refractivity contribution >= 4 is 36.3 Å². The van der Waals surface area contributed by atoms with Crippen LogP contribution in [0.5, 0.6) is 0 Å². The van der Waals surface area contributed by atoms with Gasteiger partial charge in [0.05, 0.1) is 30.5 Å². The van der Waals surface area contributed by atoms with Crippen LogP contribution in [-0.4, -0.2) is 61.6 Å². The van der Waals surface area contributed by atoms with Crippen LogP contribution in [0.2, 0.25) is 56.4 Å². The van der Waals surface area contributed by atoms with Crippen molar-refractivity contribution in [1.29, 1.82) is 0 Å². The Hall–Kier alpha value is -2.39. The number of nitrogens with zero attached hydrogens (tertiary/aromatic N) is 2. The summed E-state index contributed by atoms with van der Waals surface area (Å²) in [6.45, 7) is 28.0. The van der Waals surface area contributed by atoms with Crippen LogP contribution in [0.4, 0.5) is 11.4 Å². The van der Waals surface area contributed by atoms with Gasteiger partial charge >= 0.3 is 0 Å². The maximum atomic E-state index is 6.20. The highest BCUT2D eigenvalue weighted by Crippen LogP contribution is 2.72. The van der Waals surface area contributed by atoms with Gasteiger partial charge < -0.3 is 14.5 Å². The number of unbranched alkanes of at least 4 members (excludes halogenated alkanes) is 3. The third-order valence-electron chi connectivity index (χ3n) is 14.8. The van der Waals surface area contributed by atoms with Crippen molar-refractivity contribution in [2.75, 3.05) is 28.7 Å². The number of ether oxygens (including phenoxy) is 1. The van der Waals surface area contributed by atoms with Gasteiger partial charge in [-0.3, -0.25) is 0 Å². The van der Waals surface area contributed by atoms with Crippen LogP contribution in [0.1, 0.15) is 80.5 Å². The molecular formula is C50H73N2OSi3. The van der Waals surface area contributed by atoms with Crippen molar-refractivity contribution in [2.24, 2.45) is 23.7 Å². The second-order valence-electron chi connectivity index (χ2n) is 21.7. The van der Waals surface area contributed by atoms with Crippen LogP contribution in [0.3, 0.4) is 0 Å². The molecule has 0 saturated heterocycles. The highest BCUT2D eigenvalue weighted by Gasteiger charge is 2.68. The summed E-state index contributed by atoms with van der Waals surface area (Å²) in [6.07, 6.45) is 28.1. The van der Waals surface area contributed by atoms with Gasteiger partial charge in [0, 0.05) is 66.1 Å². The van der Waals surface area contributed by atoms with Crippen LogP contribution in [0.25, 0.3) is 0 Å². The van der Waals surface area contributed by atoms with E-state index in [1.165, 1.54) is 55.2 Å². The van der Waals surface area contributed by atoms with Crippen molar-refractivity contribution in [2.45, 2.75) is 146 Å². The maximum Gasteiger partial charge on any atom is 0.0665 e. The monoisotopic (exact) mass is 802 g/mol. The fraction of sp³-hybridized carbons (Fsp3) is 0.600. The smallest absolute Gasteiger partial charge is 0.0665 e. The van der Waals surface area contributed by atoms with E-state index in [0.29, 0.717) is 58.7 Å². The number of rotatable bonds is 13. The Balaban J connectivity index is 1.27. The van der Waals surface area contributed by atoms with Crippen molar-refractivity contribution in [3.63, 3.8) is 0 Å². The Kier molecular flexibility index (Phi) is 11.1. The van der Waals surface area contributed by atoms with Gasteiger partial charge in [0.25, 0.3) is 0 Å². The van der Waals surface area contributed by atoms with E-state index in [2.05, 4.69) is 169 Å². The minimum absolute atomic E-state index is 0.0546. The van der Waals surface area contributed by atoms with Gasteiger partial charge in [0.1, 0.15) is 0 Å². The van der Waals surface area contributed by atoms with E-state index in [4.69, 9.17) is 4.74 Å². The molecule has 1 radical (unpaired) electrons. The van der Waals surface area contributed by atoms with Crippen LogP contribution in [-0.2, 0) is 4.74 Å². The van der Waals surface area contributed by atoms with Crippen molar-refractivity contribution < 1.29 is 4.74 Å². The van der Waals surface area contributed by atoms with E-state index in [1.54, 1.807) is 22.5 Å². The van der Waals surface area contributed by atoms with E-state index < -0.39 is 24.9 Å². The fourth-order valence-electron chi connectivity index (χ4n) is 13.2. The summed E-state index contributed by atoms with van der Waals surface area (Å²) in [4.78, 5) is 5.95. The Morgan fingerprint density at radius 1 is 0.643 bits per heavy atom. The molecule has 0 spiro atoms. The summed E-state index contributed by atoms with van der Waals surface area (Å²) in [6, 6.07) is 17.8. The summed E-state index contributed by atoms with van der Waals surface area (Å²) in [7, 11) is -4.01. The average molecular weight is 802 g/mol. The van der Waals surface area contributed by atoms with E-state index in [1.807, 2.05) is 0 Å². The zero-order valence-electron chi connectivity index (χ0n) is 36.8. The lowest BCUT2D eigenvalue weighted by Gasteiger charge is -2.48. The average Bonchev–Trinajstić information content (AvgIpc) is 3.82. The Morgan fingerprint density at radius 3 is 1.62 bits per heavy atom.